The molecule has 0 atom stereocenters. The Bertz CT molecular complexity index is 1040. The number of ether oxygens (including phenoxy) is 1. The van der Waals surface area contributed by atoms with E-state index >= 15 is 0 Å². The maximum absolute atomic E-state index is 13.0. The molecule has 4 rings (SSSR count). The van der Waals surface area contributed by atoms with Crippen molar-refractivity contribution in [2.45, 2.75) is 6.42 Å². The lowest BCUT2D eigenvalue weighted by molar-refractivity contribution is -0.131. The molecule has 2 amide bonds. The fourth-order valence-corrected chi connectivity index (χ4v) is 3.67. The van der Waals surface area contributed by atoms with Gasteiger partial charge in [0.25, 0.3) is 5.91 Å². The van der Waals surface area contributed by atoms with Crippen LogP contribution in [0.1, 0.15) is 16.1 Å². The highest BCUT2D eigenvalue weighted by atomic mass is 16.5. The molecule has 1 aliphatic heterocycles. The fourth-order valence-electron chi connectivity index (χ4n) is 3.67. The van der Waals surface area contributed by atoms with Gasteiger partial charge in [-0.25, -0.2) is 0 Å². The molecule has 0 unspecified atom stereocenters. The molecule has 6 heteroatoms. The largest absolute Gasteiger partial charge is 0.497 e. The van der Waals surface area contributed by atoms with Crippen molar-refractivity contribution >= 4 is 22.6 Å². The first kappa shape index (κ1) is 18.9. The molecular weight excluding hydrogens is 366 g/mol. The minimum Gasteiger partial charge on any atom is -0.497 e. The molecule has 1 fully saturated rings. The second-order valence-electron chi connectivity index (χ2n) is 7.08. The molecule has 0 saturated carbocycles. The van der Waals surface area contributed by atoms with Crippen LogP contribution in [0.3, 0.4) is 0 Å². The van der Waals surface area contributed by atoms with Crippen LogP contribution in [-0.2, 0) is 11.2 Å². The summed E-state index contributed by atoms with van der Waals surface area (Å²) in [4.78, 5) is 33.6. The molecule has 0 spiro atoms. The van der Waals surface area contributed by atoms with Gasteiger partial charge in [0.05, 0.1) is 13.5 Å². The normalized spacial score (nSPS) is 14.1. The van der Waals surface area contributed by atoms with Crippen LogP contribution >= 0.6 is 0 Å². The van der Waals surface area contributed by atoms with Gasteiger partial charge in [-0.3, -0.25) is 14.6 Å². The molecule has 1 aliphatic rings. The zero-order valence-electron chi connectivity index (χ0n) is 16.4. The van der Waals surface area contributed by atoms with E-state index in [1.807, 2.05) is 59.5 Å². The Hall–Kier alpha value is -3.41. The van der Waals surface area contributed by atoms with Crippen molar-refractivity contribution in [3.8, 4) is 5.75 Å². The lowest BCUT2D eigenvalue weighted by Crippen LogP contribution is -2.51. The van der Waals surface area contributed by atoms with Crippen molar-refractivity contribution in [3.05, 3.63) is 72.1 Å². The smallest absolute Gasteiger partial charge is 0.273 e. The van der Waals surface area contributed by atoms with E-state index in [4.69, 9.17) is 4.74 Å². The van der Waals surface area contributed by atoms with Crippen LogP contribution in [0.5, 0.6) is 5.75 Å². The van der Waals surface area contributed by atoms with Crippen LogP contribution in [0.2, 0.25) is 0 Å². The molecule has 6 nitrogen and oxygen atoms in total. The summed E-state index contributed by atoms with van der Waals surface area (Å²) in [7, 11) is 1.61. The maximum atomic E-state index is 13.0. The van der Waals surface area contributed by atoms with E-state index in [1.54, 1.807) is 18.2 Å². The molecule has 0 aliphatic carbocycles. The number of hydrogen-bond donors (Lipinski definition) is 0. The monoisotopic (exact) mass is 389 g/mol. The van der Waals surface area contributed by atoms with Gasteiger partial charge in [0, 0.05) is 37.8 Å². The lowest BCUT2D eigenvalue weighted by Gasteiger charge is -2.34. The summed E-state index contributed by atoms with van der Waals surface area (Å²) in [5.74, 6) is 0.726. The number of rotatable bonds is 4. The summed E-state index contributed by atoms with van der Waals surface area (Å²) < 4.78 is 5.22. The molecule has 0 bridgehead atoms. The standard InChI is InChI=1S/C23H23N3O3/c1-29-19-7-4-5-17(15-19)16-21(27)25-11-13-26(14-12-25)23(28)22-20-8-3-2-6-18(20)9-10-24-22/h2-10,15H,11-14,16H2,1H3. The molecule has 0 N–H and O–H groups in total. The summed E-state index contributed by atoms with van der Waals surface area (Å²) in [5.41, 5.74) is 1.40. The summed E-state index contributed by atoms with van der Waals surface area (Å²) in [6, 6.07) is 17.2. The number of fused-ring (bicyclic) bond motifs is 1. The Morgan fingerprint density at radius 2 is 1.72 bits per heavy atom. The molecule has 1 saturated heterocycles. The highest BCUT2D eigenvalue weighted by Crippen LogP contribution is 2.19. The third-order valence-corrected chi connectivity index (χ3v) is 5.29. The number of methoxy groups -OCH3 is 1. The van der Waals surface area contributed by atoms with Gasteiger partial charge in [-0.15, -0.1) is 0 Å². The lowest BCUT2D eigenvalue weighted by atomic mass is 10.1. The van der Waals surface area contributed by atoms with Crippen molar-refractivity contribution in [3.63, 3.8) is 0 Å². The number of carbonyl (C=O) groups excluding carboxylic acids is 2. The van der Waals surface area contributed by atoms with Crippen molar-refractivity contribution in [2.75, 3.05) is 33.3 Å². The van der Waals surface area contributed by atoms with Crippen molar-refractivity contribution in [2.24, 2.45) is 0 Å². The number of piperazine rings is 1. The van der Waals surface area contributed by atoms with Crippen molar-refractivity contribution in [1.82, 2.24) is 14.8 Å². The van der Waals surface area contributed by atoms with E-state index in [0.29, 0.717) is 38.3 Å². The van der Waals surface area contributed by atoms with E-state index in [0.717, 1.165) is 22.1 Å². The Morgan fingerprint density at radius 3 is 2.52 bits per heavy atom. The Kier molecular flexibility index (Phi) is 5.42. The Labute approximate surface area is 169 Å². The summed E-state index contributed by atoms with van der Waals surface area (Å²) >= 11 is 0. The topological polar surface area (TPSA) is 62.7 Å². The van der Waals surface area contributed by atoms with Gasteiger partial charge in [0.1, 0.15) is 11.4 Å². The van der Waals surface area contributed by atoms with E-state index in [-0.39, 0.29) is 11.8 Å². The number of hydrogen-bond acceptors (Lipinski definition) is 4. The highest BCUT2D eigenvalue weighted by molar-refractivity contribution is 6.05. The van der Waals surface area contributed by atoms with Crippen molar-refractivity contribution < 1.29 is 14.3 Å². The number of nitrogens with zero attached hydrogens (tertiary/aromatic N) is 3. The molecule has 3 aromatic rings. The number of benzene rings is 2. The summed E-state index contributed by atoms with van der Waals surface area (Å²) in [6.07, 6.45) is 2.00. The van der Waals surface area contributed by atoms with E-state index < -0.39 is 0 Å². The van der Waals surface area contributed by atoms with E-state index in [2.05, 4.69) is 4.98 Å². The SMILES string of the molecule is COc1cccc(CC(=O)N2CCN(C(=O)c3nccc4ccccc34)CC2)c1. The second-order valence-corrected chi connectivity index (χ2v) is 7.08. The van der Waals surface area contributed by atoms with Gasteiger partial charge in [-0.2, -0.15) is 0 Å². The van der Waals surface area contributed by atoms with Crippen LogP contribution in [0, 0.1) is 0 Å². The fraction of sp³-hybridized carbons (Fsp3) is 0.261. The Morgan fingerprint density at radius 1 is 0.966 bits per heavy atom. The number of amides is 2. The average molecular weight is 389 g/mol. The van der Waals surface area contributed by atoms with Crippen molar-refractivity contribution in [1.29, 1.82) is 0 Å². The first-order valence-electron chi connectivity index (χ1n) is 9.69. The van der Waals surface area contributed by atoms with Gasteiger partial charge < -0.3 is 14.5 Å². The van der Waals surface area contributed by atoms with Gasteiger partial charge in [0.15, 0.2) is 0 Å². The highest BCUT2D eigenvalue weighted by Gasteiger charge is 2.26. The van der Waals surface area contributed by atoms with Gasteiger partial charge in [0.2, 0.25) is 5.91 Å². The summed E-state index contributed by atoms with van der Waals surface area (Å²) in [5, 5.41) is 1.86. The number of aromatic nitrogens is 1. The average Bonchev–Trinajstić information content (AvgIpc) is 2.78. The molecule has 1 aromatic heterocycles. The maximum Gasteiger partial charge on any atom is 0.273 e. The molecule has 2 aromatic carbocycles. The molecule has 0 radical (unpaired) electrons. The van der Waals surface area contributed by atoms with Gasteiger partial charge in [-0.05, 0) is 29.1 Å². The predicted molar refractivity (Wildman–Crippen MR) is 111 cm³/mol. The number of carbonyl (C=O) groups is 2. The van der Waals surface area contributed by atoms with Crippen LogP contribution in [-0.4, -0.2) is 59.9 Å². The zero-order valence-corrected chi connectivity index (χ0v) is 16.4. The first-order valence-corrected chi connectivity index (χ1v) is 9.69. The molecule has 29 heavy (non-hydrogen) atoms. The van der Waals surface area contributed by atoms with E-state index in [1.165, 1.54) is 0 Å². The van der Waals surface area contributed by atoms with E-state index in [9.17, 15) is 9.59 Å². The van der Waals surface area contributed by atoms with Crippen LogP contribution in [0.25, 0.3) is 10.8 Å². The summed E-state index contributed by atoms with van der Waals surface area (Å²) in [6.45, 7) is 2.07. The quantitative estimate of drug-likeness (QED) is 0.688. The minimum absolute atomic E-state index is 0.0636. The number of pyridine rings is 1. The molecule has 2 heterocycles. The van der Waals surface area contributed by atoms with Crippen LogP contribution < -0.4 is 4.74 Å². The van der Waals surface area contributed by atoms with Crippen LogP contribution in [0.15, 0.2) is 60.8 Å². The van der Waals surface area contributed by atoms with Gasteiger partial charge >= 0.3 is 0 Å². The third kappa shape index (κ3) is 4.06. The minimum atomic E-state index is -0.0818. The molecule has 148 valence electrons. The zero-order chi connectivity index (χ0) is 20.2. The Balaban J connectivity index is 1.39. The van der Waals surface area contributed by atoms with Crippen LogP contribution in [0.4, 0.5) is 0 Å². The third-order valence-electron chi connectivity index (χ3n) is 5.29. The molecular formula is C23H23N3O3. The first-order chi connectivity index (χ1) is 14.2. The predicted octanol–water partition coefficient (Wildman–Crippen LogP) is 2.77. The van der Waals surface area contributed by atoms with Gasteiger partial charge in [-0.1, -0.05) is 36.4 Å². The second kappa shape index (κ2) is 8.31.